The standard InChI is InChI=1S/C10H16OSi/c1-12(2,3)7-6-9-4-5-10(11)8-9/h9H,4-5,8H2,1-3H3. The first-order chi connectivity index (χ1) is 5.47. The van der Waals surface area contributed by atoms with Crippen LogP contribution in [0.2, 0.25) is 19.6 Å². The van der Waals surface area contributed by atoms with Gasteiger partial charge in [0.2, 0.25) is 0 Å². The highest BCUT2D eigenvalue weighted by Gasteiger charge is 2.20. The largest absolute Gasteiger partial charge is 0.300 e. The van der Waals surface area contributed by atoms with Crippen molar-refractivity contribution in [3.63, 3.8) is 0 Å². The van der Waals surface area contributed by atoms with E-state index in [0.717, 1.165) is 12.8 Å². The van der Waals surface area contributed by atoms with E-state index in [1.165, 1.54) is 0 Å². The first-order valence-corrected chi connectivity index (χ1v) is 8.02. The molecule has 0 bridgehead atoms. The van der Waals surface area contributed by atoms with Gasteiger partial charge in [0.05, 0.1) is 0 Å². The van der Waals surface area contributed by atoms with Gasteiger partial charge >= 0.3 is 0 Å². The second-order valence-corrected chi connectivity index (χ2v) is 9.25. The normalized spacial score (nSPS) is 23.6. The first-order valence-electron chi connectivity index (χ1n) is 4.52. The summed E-state index contributed by atoms with van der Waals surface area (Å²) in [4.78, 5) is 10.9. The Hall–Kier alpha value is -0.553. The maximum absolute atomic E-state index is 10.9. The quantitative estimate of drug-likeness (QED) is 0.413. The predicted molar refractivity (Wildman–Crippen MR) is 53.5 cm³/mol. The molecule has 0 heterocycles. The van der Waals surface area contributed by atoms with E-state index in [1.54, 1.807) is 0 Å². The highest BCUT2D eigenvalue weighted by molar-refractivity contribution is 6.83. The fraction of sp³-hybridized carbons (Fsp3) is 0.700. The summed E-state index contributed by atoms with van der Waals surface area (Å²) in [5, 5.41) is 0. The van der Waals surface area contributed by atoms with Crippen LogP contribution >= 0.6 is 0 Å². The molecule has 0 radical (unpaired) electrons. The van der Waals surface area contributed by atoms with Gasteiger partial charge in [-0.15, -0.1) is 11.5 Å². The molecule has 0 aliphatic heterocycles. The molecular formula is C10H16OSi. The maximum Gasteiger partial charge on any atom is 0.134 e. The van der Waals surface area contributed by atoms with Gasteiger partial charge in [0.15, 0.2) is 0 Å². The highest BCUT2D eigenvalue weighted by atomic mass is 28.3. The Labute approximate surface area is 75.6 Å². The molecule has 66 valence electrons. The summed E-state index contributed by atoms with van der Waals surface area (Å²) in [5.41, 5.74) is 3.32. The number of ketones is 1. The lowest BCUT2D eigenvalue weighted by Crippen LogP contribution is -2.16. The third-order valence-corrected chi connectivity index (χ3v) is 2.79. The molecule has 0 saturated heterocycles. The van der Waals surface area contributed by atoms with Gasteiger partial charge in [-0.05, 0) is 6.42 Å². The van der Waals surface area contributed by atoms with Crippen molar-refractivity contribution in [2.75, 3.05) is 0 Å². The van der Waals surface area contributed by atoms with Crippen molar-refractivity contribution in [2.45, 2.75) is 38.9 Å². The molecule has 1 atom stereocenters. The van der Waals surface area contributed by atoms with E-state index in [0.29, 0.717) is 18.1 Å². The molecule has 0 aromatic carbocycles. The molecule has 0 spiro atoms. The van der Waals surface area contributed by atoms with Crippen molar-refractivity contribution in [2.24, 2.45) is 5.92 Å². The second-order valence-electron chi connectivity index (χ2n) is 4.50. The minimum atomic E-state index is -1.22. The van der Waals surface area contributed by atoms with Crippen LogP contribution in [-0.4, -0.2) is 13.9 Å². The number of carbonyl (C=O) groups excluding carboxylic acids is 1. The molecule has 1 unspecified atom stereocenters. The van der Waals surface area contributed by atoms with Gasteiger partial charge in [-0.3, -0.25) is 4.79 Å². The van der Waals surface area contributed by atoms with E-state index < -0.39 is 8.07 Å². The molecule has 12 heavy (non-hydrogen) atoms. The Kier molecular flexibility index (Phi) is 2.74. The highest BCUT2D eigenvalue weighted by Crippen LogP contribution is 2.20. The van der Waals surface area contributed by atoms with Crippen LogP contribution in [0.4, 0.5) is 0 Å². The number of hydrogen-bond donors (Lipinski definition) is 0. The summed E-state index contributed by atoms with van der Waals surface area (Å²) < 4.78 is 0. The zero-order valence-corrected chi connectivity index (χ0v) is 9.11. The van der Waals surface area contributed by atoms with Crippen LogP contribution in [0.3, 0.4) is 0 Å². The minimum absolute atomic E-state index is 0.379. The zero-order chi connectivity index (χ0) is 9.19. The molecule has 1 aliphatic rings. The maximum atomic E-state index is 10.9. The SMILES string of the molecule is C[Si](C)(C)C#CC1CCC(=O)C1. The van der Waals surface area contributed by atoms with Crippen LogP contribution in [0, 0.1) is 17.4 Å². The van der Waals surface area contributed by atoms with Gasteiger partial charge in [-0.25, -0.2) is 0 Å². The van der Waals surface area contributed by atoms with Crippen molar-refractivity contribution in [3.05, 3.63) is 0 Å². The molecule has 0 aromatic heterocycles. The molecule has 0 aromatic rings. The van der Waals surface area contributed by atoms with E-state index in [-0.39, 0.29) is 0 Å². The van der Waals surface area contributed by atoms with Crippen LogP contribution < -0.4 is 0 Å². The number of hydrogen-bond acceptors (Lipinski definition) is 1. The van der Waals surface area contributed by atoms with Crippen LogP contribution in [0.15, 0.2) is 0 Å². The van der Waals surface area contributed by atoms with Crippen molar-refractivity contribution < 1.29 is 4.79 Å². The van der Waals surface area contributed by atoms with E-state index in [4.69, 9.17) is 0 Å². The molecule has 1 rings (SSSR count). The Balaban J connectivity index is 2.50. The molecule has 0 amide bonds. The Morgan fingerprint density at radius 3 is 2.50 bits per heavy atom. The van der Waals surface area contributed by atoms with Crippen LogP contribution in [-0.2, 0) is 4.79 Å². The van der Waals surface area contributed by atoms with E-state index in [9.17, 15) is 4.79 Å². The summed E-state index contributed by atoms with van der Waals surface area (Å²) in [7, 11) is -1.22. The summed E-state index contributed by atoms with van der Waals surface area (Å²) in [6.45, 7) is 6.70. The number of Topliss-reactive ketones (excluding diaryl/α,β-unsaturated/α-hetero) is 1. The molecule has 2 heteroatoms. The van der Waals surface area contributed by atoms with Crippen LogP contribution in [0.25, 0.3) is 0 Å². The van der Waals surface area contributed by atoms with Crippen molar-refractivity contribution in [1.29, 1.82) is 0 Å². The Morgan fingerprint density at radius 1 is 1.42 bits per heavy atom. The molecular weight excluding hydrogens is 164 g/mol. The monoisotopic (exact) mass is 180 g/mol. The molecule has 1 fully saturated rings. The van der Waals surface area contributed by atoms with Gasteiger partial charge in [0, 0.05) is 18.8 Å². The summed E-state index contributed by atoms with van der Waals surface area (Å²) in [6, 6.07) is 0. The number of carbonyl (C=O) groups is 1. The van der Waals surface area contributed by atoms with Gasteiger partial charge in [0.1, 0.15) is 13.9 Å². The smallest absolute Gasteiger partial charge is 0.134 e. The summed E-state index contributed by atoms with van der Waals surface area (Å²) in [5.74, 6) is 4.02. The second kappa shape index (κ2) is 3.45. The van der Waals surface area contributed by atoms with Crippen molar-refractivity contribution in [3.8, 4) is 11.5 Å². The fourth-order valence-corrected chi connectivity index (χ4v) is 1.89. The van der Waals surface area contributed by atoms with Gasteiger partial charge in [0.25, 0.3) is 0 Å². The molecule has 1 saturated carbocycles. The van der Waals surface area contributed by atoms with Crippen molar-refractivity contribution in [1.82, 2.24) is 0 Å². The summed E-state index contributed by atoms with van der Waals surface area (Å²) in [6.07, 6.45) is 2.46. The average Bonchev–Trinajstić information content (AvgIpc) is 2.30. The van der Waals surface area contributed by atoms with E-state index >= 15 is 0 Å². The van der Waals surface area contributed by atoms with E-state index in [1.807, 2.05) is 0 Å². The average molecular weight is 180 g/mol. The third-order valence-electron chi connectivity index (χ3n) is 1.90. The first kappa shape index (κ1) is 9.53. The number of rotatable bonds is 0. The predicted octanol–water partition coefficient (Wildman–Crippen LogP) is 2.24. The van der Waals surface area contributed by atoms with Gasteiger partial charge in [-0.1, -0.05) is 19.6 Å². The third kappa shape index (κ3) is 3.23. The van der Waals surface area contributed by atoms with Gasteiger partial charge < -0.3 is 0 Å². The minimum Gasteiger partial charge on any atom is -0.300 e. The lowest BCUT2D eigenvalue weighted by molar-refractivity contribution is -0.117. The molecule has 1 nitrogen and oxygen atoms in total. The van der Waals surface area contributed by atoms with Crippen LogP contribution in [0.1, 0.15) is 19.3 Å². The zero-order valence-electron chi connectivity index (χ0n) is 8.11. The molecule has 1 aliphatic carbocycles. The van der Waals surface area contributed by atoms with Gasteiger partial charge in [-0.2, -0.15) is 0 Å². The van der Waals surface area contributed by atoms with Crippen molar-refractivity contribution >= 4 is 13.9 Å². The lowest BCUT2D eigenvalue weighted by atomic mass is 10.1. The topological polar surface area (TPSA) is 17.1 Å². The Bertz CT molecular complexity index is 239. The lowest BCUT2D eigenvalue weighted by Gasteiger charge is -2.04. The Morgan fingerprint density at radius 2 is 2.08 bits per heavy atom. The fourth-order valence-electron chi connectivity index (χ4n) is 1.26. The summed E-state index contributed by atoms with van der Waals surface area (Å²) >= 11 is 0. The molecule has 0 N–H and O–H groups in total. The van der Waals surface area contributed by atoms with Crippen LogP contribution in [0.5, 0.6) is 0 Å². The van der Waals surface area contributed by atoms with E-state index in [2.05, 4.69) is 31.1 Å².